The van der Waals surface area contributed by atoms with Gasteiger partial charge in [0.2, 0.25) is 0 Å². The zero-order chi connectivity index (χ0) is 13.2. The van der Waals surface area contributed by atoms with Crippen molar-refractivity contribution in [1.82, 2.24) is 15.1 Å². The molecule has 3 nitrogen and oxygen atoms in total. The summed E-state index contributed by atoms with van der Waals surface area (Å²) in [7, 11) is 2.04. The number of hydrogen-bond acceptors (Lipinski definition) is 2. The van der Waals surface area contributed by atoms with E-state index >= 15 is 0 Å². The van der Waals surface area contributed by atoms with E-state index in [1.165, 1.54) is 25.0 Å². The first-order valence-electron chi connectivity index (χ1n) is 7.04. The molecule has 102 valence electrons. The maximum atomic E-state index is 6.49. The van der Waals surface area contributed by atoms with Gasteiger partial charge in [-0.2, -0.15) is 5.10 Å². The van der Waals surface area contributed by atoms with Crippen LogP contribution in [0.25, 0.3) is 0 Å². The summed E-state index contributed by atoms with van der Waals surface area (Å²) < 4.78 is 2.09. The Kier molecular flexibility index (Phi) is 4.33. The van der Waals surface area contributed by atoms with Crippen molar-refractivity contribution >= 4 is 11.6 Å². The van der Waals surface area contributed by atoms with Crippen molar-refractivity contribution in [2.45, 2.75) is 52.5 Å². The zero-order valence-electron chi connectivity index (χ0n) is 11.7. The highest BCUT2D eigenvalue weighted by atomic mass is 35.5. The molecule has 0 saturated heterocycles. The molecular formula is C14H24ClN3. The summed E-state index contributed by atoms with van der Waals surface area (Å²) in [6.45, 7) is 6.24. The Morgan fingerprint density at radius 3 is 2.56 bits per heavy atom. The fraction of sp³-hybridized carbons (Fsp3) is 0.786. The molecule has 0 atom stereocenters. The molecule has 1 saturated carbocycles. The fourth-order valence-corrected chi connectivity index (χ4v) is 3.35. The van der Waals surface area contributed by atoms with E-state index in [2.05, 4.69) is 28.9 Å². The Morgan fingerprint density at radius 1 is 1.39 bits per heavy atom. The van der Waals surface area contributed by atoms with E-state index in [9.17, 15) is 0 Å². The Balaban J connectivity index is 2.24. The molecular weight excluding hydrogens is 246 g/mol. The average molecular weight is 270 g/mol. The summed E-state index contributed by atoms with van der Waals surface area (Å²) in [5.74, 6) is 0. The van der Waals surface area contributed by atoms with Crippen molar-refractivity contribution in [3.8, 4) is 0 Å². The van der Waals surface area contributed by atoms with Crippen molar-refractivity contribution in [2.24, 2.45) is 5.41 Å². The minimum Gasteiger partial charge on any atom is -0.319 e. The van der Waals surface area contributed by atoms with Crippen molar-refractivity contribution in [3.63, 3.8) is 0 Å². The first-order valence-corrected chi connectivity index (χ1v) is 7.42. The number of aromatic nitrogens is 2. The molecule has 4 heteroatoms. The van der Waals surface area contributed by atoms with Gasteiger partial charge in [-0.15, -0.1) is 0 Å². The van der Waals surface area contributed by atoms with Gasteiger partial charge in [0.1, 0.15) is 0 Å². The van der Waals surface area contributed by atoms with Crippen LogP contribution in [0.4, 0.5) is 0 Å². The van der Waals surface area contributed by atoms with E-state index in [1.54, 1.807) is 0 Å². The molecule has 0 aromatic carbocycles. The predicted molar refractivity (Wildman–Crippen MR) is 76.2 cm³/mol. The van der Waals surface area contributed by atoms with Gasteiger partial charge < -0.3 is 5.32 Å². The molecule has 2 rings (SSSR count). The van der Waals surface area contributed by atoms with E-state index in [1.807, 2.05) is 7.05 Å². The Bertz CT molecular complexity index is 407. The molecule has 1 aliphatic carbocycles. The lowest BCUT2D eigenvalue weighted by Gasteiger charge is -2.42. The van der Waals surface area contributed by atoms with Crippen LogP contribution in [-0.2, 0) is 19.4 Å². The van der Waals surface area contributed by atoms with Crippen LogP contribution < -0.4 is 5.32 Å². The number of aryl methyl sites for hydroxylation is 2. The summed E-state index contributed by atoms with van der Waals surface area (Å²) in [5, 5.41) is 8.85. The molecule has 1 aromatic heterocycles. The summed E-state index contributed by atoms with van der Waals surface area (Å²) >= 11 is 6.49. The van der Waals surface area contributed by atoms with E-state index in [0.29, 0.717) is 5.41 Å². The Labute approximate surface area is 115 Å². The van der Waals surface area contributed by atoms with Crippen molar-refractivity contribution in [1.29, 1.82) is 0 Å². The molecule has 1 heterocycles. The maximum absolute atomic E-state index is 6.49. The van der Waals surface area contributed by atoms with Gasteiger partial charge in [-0.3, -0.25) is 4.68 Å². The second-order valence-electron chi connectivity index (χ2n) is 5.44. The van der Waals surface area contributed by atoms with Crippen molar-refractivity contribution < 1.29 is 0 Å². The van der Waals surface area contributed by atoms with Gasteiger partial charge >= 0.3 is 0 Å². The minimum atomic E-state index is 0.413. The smallest absolute Gasteiger partial charge is 0.0850 e. The largest absolute Gasteiger partial charge is 0.319 e. The molecule has 1 aromatic rings. The summed E-state index contributed by atoms with van der Waals surface area (Å²) in [4.78, 5) is 0. The third-order valence-corrected chi connectivity index (χ3v) is 4.64. The van der Waals surface area contributed by atoms with Gasteiger partial charge in [-0.25, -0.2) is 0 Å². The van der Waals surface area contributed by atoms with Crippen LogP contribution in [0.3, 0.4) is 0 Å². The standard InChI is InChI=1S/C14H24ClN3/c1-4-11-13(15)12(18(5-2)17-11)9-14(10-16-3)7-6-8-14/h16H,4-10H2,1-3H3. The number of nitrogens with zero attached hydrogens (tertiary/aromatic N) is 2. The van der Waals surface area contributed by atoms with E-state index < -0.39 is 0 Å². The predicted octanol–water partition coefficient (Wildman–Crippen LogP) is 3.05. The SMILES string of the molecule is CCc1nn(CC)c(CC2(CNC)CCC2)c1Cl. The highest BCUT2D eigenvalue weighted by Gasteiger charge is 2.38. The summed E-state index contributed by atoms with van der Waals surface area (Å²) in [5.41, 5.74) is 2.70. The molecule has 0 unspecified atom stereocenters. The highest BCUT2D eigenvalue weighted by molar-refractivity contribution is 6.31. The van der Waals surface area contributed by atoms with Crippen LogP contribution in [0.1, 0.15) is 44.5 Å². The van der Waals surface area contributed by atoms with Gasteiger partial charge in [0.15, 0.2) is 0 Å². The molecule has 18 heavy (non-hydrogen) atoms. The molecule has 0 amide bonds. The molecule has 0 spiro atoms. The maximum Gasteiger partial charge on any atom is 0.0850 e. The lowest BCUT2D eigenvalue weighted by atomic mass is 9.66. The third-order valence-electron chi connectivity index (χ3n) is 4.20. The monoisotopic (exact) mass is 269 g/mol. The minimum absolute atomic E-state index is 0.413. The summed E-state index contributed by atoms with van der Waals surface area (Å²) in [6, 6.07) is 0. The van der Waals surface area contributed by atoms with Crippen molar-refractivity contribution in [3.05, 3.63) is 16.4 Å². The van der Waals surface area contributed by atoms with Crippen LogP contribution in [0.5, 0.6) is 0 Å². The van der Waals surface area contributed by atoms with E-state index in [0.717, 1.165) is 36.6 Å². The van der Waals surface area contributed by atoms with Gasteiger partial charge in [0, 0.05) is 13.1 Å². The summed E-state index contributed by atoms with van der Waals surface area (Å²) in [6.07, 6.45) is 5.94. The number of nitrogens with one attached hydrogen (secondary N) is 1. The number of hydrogen-bond donors (Lipinski definition) is 1. The normalized spacial score (nSPS) is 17.8. The van der Waals surface area contributed by atoms with Crippen molar-refractivity contribution in [2.75, 3.05) is 13.6 Å². The average Bonchev–Trinajstić information content (AvgIpc) is 2.63. The second-order valence-corrected chi connectivity index (χ2v) is 5.82. The van der Waals surface area contributed by atoms with E-state index in [4.69, 9.17) is 11.6 Å². The van der Waals surface area contributed by atoms with Crippen LogP contribution in [0.2, 0.25) is 5.02 Å². The Morgan fingerprint density at radius 2 is 2.11 bits per heavy atom. The van der Waals surface area contributed by atoms with Gasteiger partial charge in [0.05, 0.1) is 16.4 Å². The lowest BCUT2D eigenvalue weighted by Crippen LogP contribution is -2.41. The zero-order valence-corrected chi connectivity index (χ0v) is 12.5. The van der Waals surface area contributed by atoms with Gasteiger partial charge in [-0.05, 0) is 45.1 Å². The molecule has 1 fully saturated rings. The number of rotatable bonds is 6. The van der Waals surface area contributed by atoms with Crippen LogP contribution in [-0.4, -0.2) is 23.4 Å². The Hall–Kier alpha value is -0.540. The van der Waals surface area contributed by atoms with Crippen LogP contribution in [0, 0.1) is 5.41 Å². The molecule has 1 N–H and O–H groups in total. The lowest BCUT2D eigenvalue weighted by molar-refractivity contribution is 0.130. The fourth-order valence-electron chi connectivity index (χ4n) is 3.01. The van der Waals surface area contributed by atoms with Gasteiger partial charge in [-0.1, -0.05) is 24.9 Å². The van der Waals surface area contributed by atoms with Crippen LogP contribution in [0.15, 0.2) is 0 Å². The highest BCUT2D eigenvalue weighted by Crippen LogP contribution is 2.44. The molecule has 0 radical (unpaired) electrons. The first kappa shape index (κ1) is 13.9. The van der Waals surface area contributed by atoms with E-state index in [-0.39, 0.29) is 0 Å². The third kappa shape index (κ3) is 2.43. The number of halogens is 1. The molecule has 1 aliphatic rings. The second kappa shape index (κ2) is 5.62. The molecule has 0 bridgehead atoms. The van der Waals surface area contributed by atoms with Crippen LogP contribution >= 0.6 is 11.6 Å². The van der Waals surface area contributed by atoms with Gasteiger partial charge in [0.25, 0.3) is 0 Å². The molecule has 0 aliphatic heterocycles. The first-order chi connectivity index (χ1) is 8.65. The topological polar surface area (TPSA) is 29.9 Å². The quantitative estimate of drug-likeness (QED) is 0.860.